The van der Waals surface area contributed by atoms with Gasteiger partial charge in [-0.2, -0.15) is 0 Å². The van der Waals surface area contributed by atoms with E-state index in [2.05, 4.69) is 37.7 Å². The Bertz CT molecular complexity index is 1110. The largest absolute Gasteiger partial charge is 0.361 e. The van der Waals surface area contributed by atoms with E-state index in [1.54, 1.807) is 24.3 Å². The van der Waals surface area contributed by atoms with Crippen LogP contribution in [0.25, 0.3) is 10.9 Å². The molecule has 0 aliphatic rings. The first-order chi connectivity index (χ1) is 13.7. The Balaban J connectivity index is 1.34. The third-order valence-electron chi connectivity index (χ3n) is 4.39. The molecule has 0 radical (unpaired) electrons. The number of carbonyl (C=O) groups is 1. The standard InChI is InChI=1S/C21H18ClN5O/c22-17-6-2-4-8-19(17)27-20(28)15-12-25-21(26-13-15)23-10-9-14-11-24-18-7-3-1-5-16(14)18/h1-8,11-13,24H,9-10H2,(H,27,28)(H,23,25,26). The molecule has 4 rings (SSSR count). The lowest BCUT2D eigenvalue weighted by atomic mass is 10.1. The van der Waals surface area contributed by atoms with E-state index < -0.39 is 0 Å². The van der Waals surface area contributed by atoms with Crippen LogP contribution in [0.5, 0.6) is 0 Å². The predicted octanol–water partition coefficient (Wildman–Crippen LogP) is 4.52. The van der Waals surface area contributed by atoms with Gasteiger partial charge in [-0.05, 0) is 30.2 Å². The molecule has 2 heterocycles. The van der Waals surface area contributed by atoms with Crippen LogP contribution in [0.4, 0.5) is 11.6 Å². The van der Waals surface area contributed by atoms with Gasteiger partial charge in [-0.3, -0.25) is 4.79 Å². The van der Waals surface area contributed by atoms with Crippen molar-refractivity contribution in [1.82, 2.24) is 15.0 Å². The van der Waals surface area contributed by atoms with E-state index in [-0.39, 0.29) is 5.91 Å². The van der Waals surface area contributed by atoms with E-state index in [0.29, 0.717) is 28.8 Å². The second-order valence-corrected chi connectivity index (χ2v) is 6.67. The second kappa shape index (κ2) is 8.10. The summed E-state index contributed by atoms with van der Waals surface area (Å²) in [4.78, 5) is 24.0. The molecule has 2 aromatic carbocycles. The number of carbonyl (C=O) groups excluding carboxylic acids is 1. The summed E-state index contributed by atoms with van der Waals surface area (Å²) < 4.78 is 0. The van der Waals surface area contributed by atoms with Crippen molar-refractivity contribution in [3.63, 3.8) is 0 Å². The van der Waals surface area contributed by atoms with E-state index in [1.165, 1.54) is 23.3 Å². The van der Waals surface area contributed by atoms with Crippen molar-refractivity contribution >= 4 is 40.0 Å². The molecule has 4 aromatic rings. The first-order valence-corrected chi connectivity index (χ1v) is 9.25. The molecule has 6 nitrogen and oxygen atoms in total. The first kappa shape index (κ1) is 18.0. The number of aromatic amines is 1. The highest BCUT2D eigenvalue weighted by molar-refractivity contribution is 6.33. The van der Waals surface area contributed by atoms with Crippen LogP contribution in [-0.2, 0) is 6.42 Å². The van der Waals surface area contributed by atoms with Crippen molar-refractivity contribution in [2.24, 2.45) is 0 Å². The van der Waals surface area contributed by atoms with E-state index >= 15 is 0 Å². The summed E-state index contributed by atoms with van der Waals surface area (Å²) in [7, 11) is 0. The van der Waals surface area contributed by atoms with E-state index in [4.69, 9.17) is 11.6 Å². The van der Waals surface area contributed by atoms with Crippen molar-refractivity contribution in [3.05, 3.63) is 83.3 Å². The molecular formula is C21H18ClN5O. The highest BCUT2D eigenvalue weighted by Crippen LogP contribution is 2.21. The average Bonchev–Trinajstić information content (AvgIpc) is 3.13. The molecule has 0 bridgehead atoms. The van der Waals surface area contributed by atoms with Crippen LogP contribution in [0.2, 0.25) is 5.02 Å². The van der Waals surface area contributed by atoms with Gasteiger partial charge in [-0.1, -0.05) is 41.9 Å². The highest BCUT2D eigenvalue weighted by Gasteiger charge is 2.10. The fourth-order valence-corrected chi connectivity index (χ4v) is 3.12. The third kappa shape index (κ3) is 3.97. The zero-order valence-corrected chi connectivity index (χ0v) is 15.7. The van der Waals surface area contributed by atoms with Gasteiger partial charge in [0, 0.05) is 36.0 Å². The Morgan fingerprint density at radius 2 is 1.79 bits per heavy atom. The van der Waals surface area contributed by atoms with Crippen molar-refractivity contribution in [2.75, 3.05) is 17.2 Å². The van der Waals surface area contributed by atoms with Crippen LogP contribution in [0, 0.1) is 0 Å². The number of para-hydroxylation sites is 2. The molecule has 0 fully saturated rings. The van der Waals surface area contributed by atoms with E-state index in [9.17, 15) is 4.79 Å². The van der Waals surface area contributed by atoms with Crippen molar-refractivity contribution < 1.29 is 4.79 Å². The van der Waals surface area contributed by atoms with E-state index in [1.807, 2.05) is 18.3 Å². The molecule has 0 saturated carbocycles. The molecule has 0 spiro atoms. The van der Waals surface area contributed by atoms with Gasteiger partial charge in [-0.25, -0.2) is 9.97 Å². The zero-order chi connectivity index (χ0) is 19.3. The van der Waals surface area contributed by atoms with Crippen LogP contribution in [0.1, 0.15) is 15.9 Å². The number of hydrogen-bond acceptors (Lipinski definition) is 4. The Morgan fingerprint density at radius 1 is 1.04 bits per heavy atom. The van der Waals surface area contributed by atoms with Gasteiger partial charge < -0.3 is 15.6 Å². The minimum Gasteiger partial charge on any atom is -0.361 e. The first-order valence-electron chi connectivity index (χ1n) is 8.87. The molecule has 28 heavy (non-hydrogen) atoms. The van der Waals surface area contributed by atoms with Gasteiger partial charge in [0.15, 0.2) is 0 Å². The number of rotatable bonds is 6. The van der Waals surface area contributed by atoms with Crippen LogP contribution in [0.15, 0.2) is 67.1 Å². The SMILES string of the molecule is O=C(Nc1ccccc1Cl)c1cnc(NCCc2c[nH]c3ccccc23)nc1. The lowest BCUT2D eigenvalue weighted by Gasteiger charge is -2.08. The zero-order valence-electron chi connectivity index (χ0n) is 14.9. The Kier molecular flexibility index (Phi) is 5.21. The minimum atomic E-state index is -0.307. The monoisotopic (exact) mass is 391 g/mol. The summed E-state index contributed by atoms with van der Waals surface area (Å²) in [6, 6.07) is 15.3. The third-order valence-corrected chi connectivity index (χ3v) is 4.72. The predicted molar refractivity (Wildman–Crippen MR) is 112 cm³/mol. The number of fused-ring (bicyclic) bond motifs is 1. The summed E-state index contributed by atoms with van der Waals surface area (Å²) in [6.07, 6.45) is 5.85. The number of halogens is 1. The molecule has 140 valence electrons. The number of aromatic nitrogens is 3. The number of amides is 1. The van der Waals surface area contributed by atoms with Crippen LogP contribution < -0.4 is 10.6 Å². The van der Waals surface area contributed by atoms with Crippen molar-refractivity contribution in [1.29, 1.82) is 0 Å². The Morgan fingerprint density at radius 3 is 2.61 bits per heavy atom. The topological polar surface area (TPSA) is 82.7 Å². The number of nitrogens with one attached hydrogen (secondary N) is 3. The molecule has 2 aromatic heterocycles. The summed E-state index contributed by atoms with van der Waals surface area (Å²) in [5, 5.41) is 7.63. The number of nitrogens with zero attached hydrogens (tertiary/aromatic N) is 2. The molecule has 0 unspecified atom stereocenters. The summed E-state index contributed by atoms with van der Waals surface area (Å²) >= 11 is 6.06. The normalized spacial score (nSPS) is 10.8. The molecule has 1 amide bonds. The summed E-state index contributed by atoms with van der Waals surface area (Å²) in [5.74, 6) is 0.174. The molecule has 0 aliphatic heterocycles. The van der Waals surface area contributed by atoms with Crippen LogP contribution in [0.3, 0.4) is 0 Å². The van der Waals surface area contributed by atoms with Crippen molar-refractivity contribution in [3.8, 4) is 0 Å². The van der Waals surface area contributed by atoms with Gasteiger partial charge in [-0.15, -0.1) is 0 Å². The van der Waals surface area contributed by atoms with Gasteiger partial charge in [0.05, 0.1) is 16.3 Å². The highest BCUT2D eigenvalue weighted by atomic mass is 35.5. The van der Waals surface area contributed by atoms with E-state index in [0.717, 1.165) is 11.9 Å². The molecular weight excluding hydrogens is 374 g/mol. The molecule has 0 atom stereocenters. The Labute approximate surface area is 167 Å². The number of anilines is 2. The van der Waals surface area contributed by atoms with Crippen molar-refractivity contribution in [2.45, 2.75) is 6.42 Å². The fraction of sp³-hybridized carbons (Fsp3) is 0.0952. The molecule has 0 aliphatic carbocycles. The van der Waals surface area contributed by atoms with Gasteiger partial charge in [0.25, 0.3) is 5.91 Å². The number of benzene rings is 2. The second-order valence-electron chi connectivity index (χ2n) is 6.27. The maximum Gasteiger partial charge on any atom is 0.258 e. The maximum absolute atomic E-state index is 12.3. The van der Waals surface area contributed by atoms with Crippen LogP contribution >= 0.6 is 11.6 Å². The maximum atomic E-state index is 12.3. The summed E-state index contributed by atoms with van der Waals surface area (Å²) in [6.45, 7) is 0.688. The van der Waals surface area contributed by atoms with Gasteiger partial charge in [0.2, 0.25) is 5.95 Å². The lowest BCUT2D eigenvalue weighted by Crippen LogP contribution is -2.14. The van der Waals surface area contributed by atoms with Gasteiger partial charge >= 0.3 is 0 Å². The summed E-state index contributed by atoms with van der Waals surface area (Å²) in [5.41, 5.74) is 3.28. The number of H-pyrrole nitrogens is 1. The average molecular weight is 392 g/mol. The Hall–Kier alpha value is -3.38. The minimum absolute atomic E-state index is 0.307. The molecule has 3 N–H and O–H groups in total. The number of hydrogen-bond donors (Lipinski definition) is 3. The molecule has 0 saturated heterocycles. The fourth-order valence-electron chi connectivity index (χ4n) is 2.94. The lowest BCUT2D eigenvalue weighted by molar-refractivity contribution is 0.102. The quantitative estimate of drug-likeness (QED) is 0.451. The van der Waals surface area contributed by atoms with Gasteiger partial charge in [0.1, 0.15) is 0 Å². The molecule has 7 heteroatoms. The smallest absolute Gasteiger partial charge is 0.258 e. The van der Waals surface area contributed by atoms with Crippen LogP contribution in [-0.4, -0.2) is 27.4 Å².